The number of hydrogen-bond donors (Lipinski definition) is 2. The molecule has 0 saturated heterocycles. The highest BCUT2D eigenvalue weighted by Gasteiger charge is 2.43. The summed E-state index contributed by atoms with van der Waals surface area (Å²) in [6, 6.07) is 10.9. The van der Waals surface area contributed by atoms with Crippen LogP contribution in [0.3, 0.4) is 0 Å². The maximum atomic E-state index is 3.56. The van der Waals surface area contributed by atoms with Gasteiger partial charge in [0.2, 0.25) is 0 Å². The summed E-state index contributed by atoms with van der Waals surface area (Å²) in [6.45, 7) is 6.48. The van der Waals surface area contributed by atoms with E-state index in [4.69, 9.17) is 0 Å². The van der Waals surface area contributed by atoms with Gasteiger partial charge in [-0.05, 0) is 24.9 Å². The fourth-order valence-corrected chi connectivity index (χ4v) is 2.19. The Bertz CT molecular complexity index is 304. The average Bonchev–Trinajstić information content (AvgIpc) is 3.11. The molecule has 0 aliphatic heterocycles. The third-order valence-electron chi connectivity index (χ3n) is 3.43. The topological polar surface area (TPSA) is 24.1 Å². The molecule has 2 nitrogen and oxygen atoms in total. The van der Waals surface area contributed by atoms with Crippen molar-refractivity contribution in [2.75, 3.05) is 26.2 Å². The fourth-order valence-electron chi connectivity index (χ4n) is 2.19. The SMILES string of the molecule is CCNCCNCC1(c2ccccc2)CC1. The summed E-state index contributed by atoms with van der Waals surface area (Å²) in [5.41, 5.74) is 1.96. The number of hydrogen-bond acceptors (Lipinski definition) is 2. The maximum absolute atomic E-state index is 3.56. The Balaban J connectivity index is 1.77. The van der Waals surface area contributed by atoms with Gasteiger partial charge in [0.1, 0.15) is 0 Å². The van der Waals surface area contributed by atoms with Gasteiger partial charge in [-0.2, -0.15) is 0 Å². The van der Waals surface area contributed by atoms with Gasteiger partial charge in [0.25, 0.3) is 0 Å². The van der Waals surface area contributed by atoms with Crippen LogP contribution in [0, 0.1) is 0 Å². The predicted molar refractivity (Wildman–Crippen MR) is 68.8 cm³/mol. The lowest BCUT2D eigenvalue weighted by molar-refractivity contribution is 0.557. The molecule has 16 heavy (non-hydrogen) atoms. The van der Waals surface area contributed by atoms with Gasteiger partial charge < -0.3 is 10.6 Å². The van der Waals surface area contributed by atoms with Crippen molar-refractivity contribution >= 4 is 0 Å². The Labute approximate surface area is 98.4 Å². The third-order valence-corrected chi connectivity index (χ3v) is 3.43. The maximum Gasteiger partial charge on any atom is 0.00784 e. The van der Waals surface area contributed by atoms with Gasteiger partial charge in [-0.15, -0.1) is 0 Å². The van der Waals surface area contributed by atoms with Crippen LogP contribution in [0.5, 0.6) is 0 Å². The average molecular weight is 218 g/mol. The molecule has 0 unspecified atom stereocenters. The van der Waals surface area contributed by atoms with E-state index in [2.05, 4.69) is 47.9 Å². The molecule has 0 heterocycles. The third kappa shape index (κ3) is 2.83. The first-order valence-electron chi connectivity index (χ1n) is 6.34. The molecule has 0 amide bonds. The van der Waals surface area contributed by atoms with E-state index in [-0.39, 0.29) is 0 Å². The summed E-state index contributed by atoms with van der Waals surface area (Å²) < 4.78 is 0. The predicted octanol–water partition coefficient (Wildman–Crippen LogP) is 1.92. The molecule has 0 spiro atoms. The second-order valence-corrected chi connectivity index (χ2v) is 4.68. The van der Waals surface area contributed by atoms with Gasteiger partial charge in [0, 0.05) is 25.0 Å². The van der Waals surface area contributed by atoms with Crippen molar-refractivity contribution in [1.29, 1.82) is 0 Å². The van der Waals surface area contributed by atoms with E-state index in [1.807, 2.05) is 0 Å². The first-order valence-corrected chi connectivity index (χ1v) is 6.34. The molecular formula is C14H22N2. The molecular weight excluding hydrogens is 196 g/mol. The van der Waals surface area contributed by atoms with Gasteiger partial charge in [0.15, 0.2) is 0 Å². The summed E-state index contributed by atoms with van der Waals surface area (Å²) in [7, 11) is 0. The van der Waals surface area contributed by atoms with Crippen LogP contribution in [0.1, 0.15) is 25.3 Å². The van der Waals surface area contributed by atoms with Crippen LogP contribution in [0.25, 0.3) is 0 Å². The quantitative estimate of drug-likeness (QED) is 0.683. The van der Waals surface area contributed by atoms with E-state index in [0.29, 0.717) is 5.41 Å². The van der Waals surface area contributed by atoms with Crippen molar-refractivity contribution in [2.45, 2.75) is 25.2 Å². The monoisotopic (exact) mass is 218 g/mol. The van der Waals surface area contributed by atoms with E-state index >= 15 is 0 Å². The van der Waals surface area contributed by atoms with Crippen LogP contribution in [0.2, 0.25) is 0 Å². The molecule has 0 atom stereocenters. The highest BCUT2D eigenvalue weighted by Crippen LogP contribution is 2.47. The zero-order chi connectivity index (χ0) is 11.3. The molecule has 0 radical (unpaired) electrons. The van der Waals surface area contributed by atoms with E-state index in [1.165, 1.54) is 18.4 Å². The Morgan fingerprint density at radius 2 is 1.75 bits per heavy atom. The smallest absolute Gasteiger partial charge is 0.00784 e. The Kier molecular flexibility index (Phi) is 3.97. The minimum absolute atomic E-state index is 0.452. The molecule has 0 bridgehead atoms. The van der Waals surface area contributed by atoms with E-state index in [1.54, 1.807) is 0 Å². The molecule has 1 saturated carbocycles. The van der Waals surface area contributed by atoms with E-state index in [9.17, 15) is 0 Å². The highest BCUT2D eigenvalue weighted by molar-refractivity contribution is 5.31. The van der Waals surface area contributed by atoms with Crippen LogP contribution in [0.4, 0.5) is 0 Å². The minimum Gasteiger partial charge on any atom is -0.316 e. The van der Waals surface area contributed by atoms with E-state index < -0.39 is 0 Å². The van der Waals surface area contributed by atoms with Gasteiger partial charge in [-0.1, -0.05) is 37.3 Å². The first kappa shape index (κ1) is 11.6. The molecule has 1 aliphatic carbocycles. The Morgan fingerprint density at radius 1 is 1.06 bits per heavy atom. The molecule has 1 aromatic rings. The normalized spacial score (nSPS) is 17.3. The second-order valence-electron chi connectivity index (χ2n) is 4.68. The molecule has 2 heteroatoms. The lowest BCUT2D eigenvalue weighted by Crippen LogP contribution is -2.32. The molecule has 1 aliphatic rings. The Hall–Kier alpha value is -0.860. The van der Waals surface area contributed by atoms with E-state index in [0.717, 1.165) is 26.2 Å². The molecule has 88 valence electrons. The number of likely N-dealkylation sites (N-methyl/N-ethyl adjacent to an activating group) is 1. The van der Waals surface area contributed by atoms with Crippen molar-refractivity contribution in [3.63, 3.8) is 0 Å². The number of nitrogens with one attached hydrogen (secondary N) is 2. The fraction of sp³-hybridized carbons (Fsp3) is 0.571. The zero-order valence-electron chi connectivity index (χ0n) is 10.1. The molecule has 2 N–H and O–H groups in total. The van der Waals surface area contributed by atoms with Crippen molar-refractivity contribution in [3.8, 4) is 0 Å². The molecule has 2 rings (SSSR count). The van der Waals surface area contributed by atoms with Crippen LogP contribution < -0.4 is 10.6 Å². The summed E-state index contributed by atoms with van der Waals surface area (Å²) in [5, 5.41) is 6.89. The number of rotatable bonds is 7. The van der Waals surface area contributed by atoms with Gasteiger partial charge in [0.05, 0.1) is 0 Å². The van der Waals surface area contributed by atoms with Crippen LogP contribution in [-0.4, -0.2) is 26.2 Å². The summed E-state index contributed by atoms with van der Waals surface area (Å²) in [6.07, 6.45) is 2.68. The van der Waals surface area contributed by atoms with Crippen LogP contribution in [-0.2, 0) is 5.41 Å². The molecule has 1 aromatic carbocycles. The van der Waals surface area contributed by atoms with Gasteiger partial charge >= 0.3 is 0 Å². The molecule has 1 fully saturated rings. The number of benzene rings is 1. The van der Waals surface area contributed by atoms with Crippen molar-refractivity contribution in [1.82, 2.24) is 10.6 Å². The lowest BCUT2D eigenvalue weighted by atomic mass is 9.96. The minimum atomic E-state index is 0.452. The summed E-state index contributed by atoms with van der Waals surface area (Å²) in [5.74, 6) is 0. The highest BCUT2D eigenvalue weighted by atomic mass is 14.9. The van der Waals surface area contributed by atoms with Crippen molar-refractivity contribution in [3.05, 3.63) is 35.9 Å². The second kappa shape index (κ2) is 5.46. The molecule has 0 aromatic heterocycles. The van der Waals surface area contributed by atoms with Crippen LogP contribution in [0.15, 0.2) is 30.3 Å². The lowest BCUT2D eigenvalue weighted by Gasteiger charge is -2.16. The largest absolute Gasteiger partial charge is 0.316 e. The first-order chi connectivity index (χ1) is 7.87. The Morgan fingerprint density at radius 3 is 2.38 bits per heavy atom. The van der Waals surface area contributed by atoms with Crippen LogP contribution >= 0.6 is 0 Å². The zero-order valence-corrected chi connectivity index (χ0v) is 10.1. The van der Waals surface area contributed by atoms with Gasteiger partial charge in [-0.3, -0.25) is 0 Å². The van der Waals surface area contributed by atoms with Crippen molar-refractivity contribution in [2.24, 2.45) is 0 Å². The van der Waals surface area contributed by atoms with Gasteiger partial charge in [-0.25, -0.2) is 0 Å². The standard InChI is InChI=1S/C14H22N2/c1-2-15-10-11-16-12-14(8-9-14)13-6-4-3-5-7-13/h3-7,15-16H,2,8-12H2,1H3. The van der Waals surface area contributed by atoms with Crippen molar-refractivity contribution < 1.29 is 0 Å². The summed E-state index contributed by atoms with van der Waals surface area (Å²) in [4.78, 5) is 0. The summed E-state index contributed by atoms with van der Waals surface area (Å²) >= 11 is 0.